The highest BCUT2D eigenvalue weighted by molar-refractivity contribution is 7.09. The SMILES string of the molecule is COc1ccc(CO/N=C2\CC(C(=O)NCc3cccs3)N(C(=O)C(c3ccccc3)c3ccccc3)C2)cc1. The summed E-state index contributed by atoms with van der Waals surface area (Å²) >= 11 is 1.58. The average Bonchev–Trinajstić information content (AvgIpc) is 3.68. The molecule has 7 nitrogen and oxygen atoms in total. The summed E-state index contributed by atoms with van der Waals surface area (Å²) in [4.78, 5) is 36.0. The normalized spacial score (nSPS) is 15.8. The van der Waals surface area contributed by atoms with Crippen LogP contribution in [0.2, 0.25) is 0 Å². The second-order valence-corrected chi connectivity index (χ2v) is 10.5. The molecule has 2 amide bonds. The summed E-state index contributed by atoms with van der Waals surface area (Å²) in [6, 6.07) is 30.1. The third-order valence-corrected chi connectivity index (χ3v) is 7.73. The molecule has 1 atom stereocenters. The number of nitrogens with zero attached hydrogens (tertiary/aromatic N) is 2. The van der Waals surface area contributed by atoms with Gasteiger partial charge in [0.15, 0.2) is 0 Å². The van der Waals surface area contributed by atoms with Gasteiger partial charge in [-0.05, 0) is 40.3 Å². The van der Waals surface area contributed by atoms with Crippen molar-refractivity contribution in [3.05, 3.63) is 124 Å². The Kier molecular flexibility index (Phi) is 8.88. The van der Waals surface area contributed by atoms with Gasteiger partial charge in [-0.25, -0.2) is 0 Å². The van der Waals surface area contributed by atoms with Crippen LogP contribution in [0.3, 0.4) is 0 Å². The van der Waals surface area contributed by atoms with E-state index >= 15 is 0 Å². The molecule has 2 heterocycles. The summed E-state index contributed by atoms with van der Waals surface area (Å²) in [6.45, 7) is 0.901. The molecular formula is C32H31N3O4S. The van der Waals surface area contributed by atoms with Crippen LogP contribution in [0, 0.1) is 0 Å². The third-order valence-electron chi connectivity index (χ3n) is 6.86. The Morgan fingerprint density at radius 1 is 0.950 bits per heavy atom. The van der Waals surface area contributed by atoms with Crippen molar-refractivity contribution in [3.8, 4) is 5.75 Å². The molecule has 204 valence electrons. The van der Waals surface area contributed by atoms with Crippen LogP contribution in [0.5, 0.6) is 5.75 Å². The molecular weight excluding hydrogens is 522 g/mol. The Hall–Kier alpha value is -4.43. The number of carbonyl (C=O) groups is 2. The molecule has 5 rings (SSSR count). The lowest BCUT2D eigenvalue weighted by Crippen LogP contribution is -2.47. The van der Waals surface area contributed by atoms with Crippen molar-refractivity contribution in [2.24, 2.45) is 5.16 Å². The van der Waals surface area contributed by atoms with E-state index in [0.717, 1.165) is 27.3 Å². The predicted molar refractivity (Wildman–Crippen MR) is 156 cm³/mol. The number of hydrogen-bond donors (Lipinski definition) is 1. The molecule has 1 unspecified atom stereocenters. The molecule has 4 aromatic rings. The molecule has 1 fully saturated rings. The number of likely N-dealkylation sites (tertiary alicyclic amines) is 1. The number of rotatable bonds is 10. The predicted octanol–water partition coefficient (Wildman–Crippen LogP) is 5.38. The van der Waals surface area contributed by atoms with Crippen LogP contribution in [-0.4, -0.2) is 42.1 Å². The summed E-state index contributed by atoms with van der Waals surface area (Å²) in [7, 11) is 1.62. The van der Waals surface area contributed by atoms with Crippen LogP contribution < -0.4 is 10.1 Å². The van der Waals surface area contributed by atoms with Crippen LogP contribution in [0.25, 0.3) is 0 Å². The lowest BCUT2D eigenvalue weighted by Gasteiger charge is -2.28. The van der Waals surface area contributed by atoms with Crippen molar-refractivity contribution in [2.45, 2.75) is 31.5 Å². The highest BCUT2D eigenvalue weighted by atomic mass is 32.1. The second-order valence-electron chi connectivity index (χ2n) is 9.52. The number of methoxy groups -OCH3 is 1. The number of benzene rings is 3. The number of oxime groups is 1. The number of thiophene rings is 1. The van der Waals surface area contributed by atoms with E-state index in [9.17, 15) is 9.59 Å². The molecule has 1 aliphatic heterocycles. The monoisotopic (exact) mass is 553 g/mol. The van der Waals surface area contributed by atoms with E-state index in [1.807, 2.05) is 102 Å². The van der Waals surface area contributed by atoms with Crippen LogP contribution in [0.4, 0.5) is 0 Å². The standard InChI is InChI=1S/C32H31N3O4S/c1-38-27-16-14-23(15-17-27)22-39-34-26-19-29(31(36)33-20-28-13-8-18-40-28)35(21-26)32(37)30(24-9-4-2-5-10-24)25-11-6-3-7-12-25/h2-18,29-30H,19-22H2,1H3,(H,33,36)/b34-26+. The van der Waals surface area contributed by atoms with E-state index in [-0.39, 0.29) is 25.0 Å². The zero-order chi connectivity index (χ0) is 27.7. The molecule has 1 saturated heterocycles. The minimum Gasteiger partial charge on any atom is -0.497 e. The molecule has 1 aliphatic rings. The molecule has 0 aliphatic carbocycles. The summed E-state index contributed by atoms with van der Waals surface area (Å²) < 4.78 is 5.21. The summed E-state index contributed by atoms with van der Waals surface area (Å²) in [6.07, 6.45) is 0.306. The summed E-state index contributed by atoms with van der Waals surface area (Å²) in [5.74, 6) is -0.131. The average molecular weight is 554 g/mol. The van der Waals surface area contributed by atoms with Crippen LogP contribution in [-0.2, 0) is 27.6 Å². The van der Waals surface area contributed by atoms with Gasteiger partial charge in [0, 0.05) is 11.3 Å². The maximum Gasteiger partial charge on any atom is 0.243 e. The summed E-state index contributed by atoms with van der Waals surface area (Å²) in [5.41, 5.74) is 3.34. The highest BCUT2D eigenvalue weighted by Crippen LogP contribution is 2.30. The molecule has 8 heteroatoms. The minimum absolute atomic E-state index is 0.144. The first-order valence-electron chi connectivity index (χ1n) is 13.1. The van der Waals surface area contributed by atoms with Crippen molar-refractivity contribution < 1.29 is 19.2 Å². The maximum absolute atomic E-state index is 14.2. The fourth-order valence-corrected chi connectivity index (χ4v) is 5.44. The lowest BCUT2D eigenvalue weighted by molar-refractivity contribution is -0.138. The van der Waals surface area contributed by atoms with Gasteiger partial charge in [0.25, 0.3) is 0 Å². The second kappa shape index (κ2) is 13.1. The number of hydrogen-bond acceptors (Lipinski definition) is 6. The molecule has 3 aromatic carbocycles. The zero-order valence-corrected chi connectivity index (χ0v) is 23.1. The van der Waals surface area contributed by atoms with Gasteiger partial charge >= 0.3 is 0 Å². The lowest BCUT2D eigenvalue weighted by atomic mass is 9.90. The van der Waals surface area contributed by atoms with Gasteiger partial charge in [-0.3, -0.25) is 9.59 Å². The van der Waals surface area contributed by atoms with Crippen molar-refractivity contribution in [3.63, 3.8) is 0 Å². The Labute approximate surface area is 238 Å². The Morgan fingerprint density at radius 2 is 1.62 bits per heavy atom. The van der Waals surface area contributed by atoms with Crippen molar-refractivity contribution in [2.75, 3.05) is 13.7 Å². The number of amides is 2. The fourth-order valence-electron chi connectivity index (χ4n) is 4.80. The molecule has 1 N–H and O–H groups in total. The molecule has 0 radical (unpaired) electrons. The first kappa shape index (κ1) is 27.1. The first-order valence-corrected chi connectivity index (χ1v) is 14.0. The van der Waals surface area contributed by atoms with E-state index in [2.05, 4.69) is 10.5 Å². The number of carbonyl (C=O) groups excluding carboxylic acids is 2. The van der Waals surface area contributed by atoms with Gasteiger partial charge < -0.3 is 19.8 Å². The van der Waals surface area contributed by atoms with E-state index < -0.39 is 12.0 Å². The zero-order valence-electron chi connectivity index (χ0n) is 22.2. The quantitative estimate of drug-likeness (QED) is 0.268. The molecule has 1 aromatic heterocycles. The van der Waals surface area contributed by atoms with Crippen molar-refractivity contribution in [1.82, 2.24) is 10.2 Å². The van der Waals surface area contributed by atoms with Gasteiger partial charge in [0.2, 0.25) is 11.8 Å². The van der Waals surface area contributed by atoms with Gasteiger partial charge in [-0.2, -0.15) is 0 Å². The van der Waals surface area contributed by atoms with Gasteiger partial charge in [0.05, 0.1) is 31.8 Å². The molecule has 0 bridgehead atoms. The third kappa shape index (κ3) is 6.58. The smallest absolute Gasteiger partial charge is 0.243 e. The van der Waals surface area contributed by atoms with E-state index in [1.54, 1.807) is 23.3 Å². The van der Waals surface area contributed by atoms with E-state index in [4.69, 9.17) is 9.57 Å². The molecule has 0 spiro atoms. The maximum atomic E-state index is 14.2. The Morgan fingerprint density at radius 3 is 2.23 bits per heavy atom. The van der Waals surface area contributed by atoms with Gasteiger partial charge in [-0.1, -0.05) is 84.0 Å². The first-order chi connectivity index (χ1) is 19.6. The van der Waals surface area contributed by atoms with Crippen LogP contribution >= 0.6 is 11.3 Å². The van der Waals surface area contributed by atoms with Crippen molar-refractivity contribution >= 4 is 28.9 Å². The van der Waals surface area contributed by atoms with Gasteiger partial charge in [0.1, 0.15) is 18.4 Å². The summed E-state index contributed by atoms with van der Waals surface area (Å²) in [5, 5.41) is 9.34. The topological polar surface area (TPSA) is 80.2 Å². The van der Waals surface area contributed by atoms with Crippen molar-refractivity contribution in [1.29, 1.82) is 0 Å². The van der Waals surface area contributed by atoms with Crippen LogP contribution in [0.15, 0.2) is 108 Å². The molecule has 0 saturated carbocycles. The highest BCUT2D eigenvalue weighted by Gasteiger charge is 2.41. The number of ether oxygens (including phenoxy) is 1. The molecule has 40 heavy (non-hydrogen) atoms. The minimum atomic E-state index is -0.689. The fraction of sp³-hybridized carbons (Fsp3) is 0.219. The van der Waals surface area contributed by atoms with Crippen LogP contribution in [0.1, 0.15) is 33.9 Å². The largest absolute Gasteiger partial charge is 0.497 e. The van der Waals surface area contributed by atoms with Gasteiger partial charge in [-0.15, -0.1) is 11.3 Å². The van der Waals surface area contributed by atoms with E-state index in [0.29, 0.717) is 18.7 Å². The Balaban J connectivity index is 1.37. The number of nitrogens with one attached hydrogen (secondary N) is 1. The Bertz CT molecular complexity index is 1380. The van der Waals surface area contributed by atoms with E-state index in [1.165, 1.54) is 0 Å².